The summed E-state index contributed by atoms with van der Waals surface area (Å²) in [6.07, 6.45) is 3.94. The second-order valence-electron chi connectivity index (χ2n) is 6.30. The van der Waals surface area contributed by atoms with Crippen molar-refractivity contribution in [1.82, 2.24) is 19.6 Å². The molecule has 0 saturated carbocycles. The van der Waals surface area contributed by atoms with Crippen LogP contribution in [0.25, 0.3) is 0 Å². The Labute approximate surface area is 146 Å². The number of morpholine rings is 1. The van der Waals surface area contributed by atoms with Gasteiger partial charge in [-0.3, -0.25) is 14.4 Å². The fourth-order valence-electron chi connectivity index (χ4n) is 2.85. The molecule has 3 heterocycles. The maximum atomic E-state index is 12.4. The van der Waals surface area contributed by atoms with Crippen LogP contribution < -0.4 is 0 Å². The van der Waals surface area contributed by atoms with Gasteiger partial charge in [0.2, 0.25) is 5.91 Å². The molecular weight excluding hydrogens is 324 g/mol. The van der Waals surface area contributed by atoms with Crippen LogP contribution in [0.15, 0.2) is 29.9 Å². The highest BCUT2D eigenvalue weighted by Gasteiger charge is 2.24. The van der Waals surface area contributed by atoms with Crippen LogP contribution in [0.2, 0.25) is 0 Å². The van der Waals surface area contributed by atoms with Crippen molar-refractivity contribution in [1.29, 1.82) is 0 Å². The van der Waals surface area contributed by atoms with Gasteiger partial charge < -0.3 is 9.64 Å². The van der Waals surface area contributed by atoms with E-state index in [9.17, 15) is 4.79 Å². The summed E-state index contributed by atoms with van der Waals surface area (Å²) in [6, 6.07) is 4.08. The average molecular weight is 348 g/mol. The summed E-state index contributed by atoms with van der Waals surface area (Å²) >= 11 is 1.68. The van der Waals surface area contributed by atoms with Crippen LogP contribution in [0, 0.1) is 6.92 Å². The van der Waals surface area contributed by atoms with Crippen LogP contribution in [0.3, 0.4) is 0 Å². The zero-order chi connectivity index (χ0) is 16.9. The molecule has 130 valence electrons. The Morgan fingerprint density at radius 1 is 1.54 bits per heavy atom. The quantitative estimate of drug-likeness (QED) is 0.796. The zero-order valence-electron chi connectivity index (χ0n) is 14.2. The van der Waals surface area contributed by atoms with Crippen molar-refractivity contribution in [2.45, 2.75) is 26.1 Å². The lowest BCUT2D eigenvalue weighted by molar-refractivity contribution is -0.133. The molecule has 0 bridgehead atoms. The first-order valence-corrected chi connectivity index (χ1v) is 9.07. The summed E-state index contributed by atoms with van der Waals surface area (Å²) in [5.41, 5.74) is 1.15. The molecular formula is C17H24N4O2S. The third kappa shape index (κ3) is 4.66. The molecule has 0 N–H and O–H groups in total. The predicted octanol–water partition coefficient (Wildman–Crippen LogP) is 1.61. The number of nitrogens with zero attached hydrogens (tertiary/aromatic N) is 4. The maximum Gasteiger partial charge on any atom is 0.236 e. The lowest BCUT2D eigenvalue weighted by Gasteiger charge is -2.33. The number of hydrogen-bond donors (Lipinski definition) is 0. The standard InChI is InChI=1S/C17H24N4O2S/c1-14-8-18-21(9-14)11-15-10-20(5-6-23-15)13-17(22)19(2)12-16-4-3-7-24-16/h3-4,7-9,15H,5-6,10-13H2,1-2H3. The minimum absolute atomic E-state index is 0.0773. The molecule has 0 radical (unpaired) electrons. The molecule has 1 atom stereocenters. The van der Waals surface area contributed by atoms with Crippen molar-refractivity contribution in [3.05, 3.63) is 40.3 Å². The van der Waals surface area contributed by atoms with Crippen molar-refractivity contribution in [2.75, 3.05) is 33.3 Å². The van der Waals surface area contributed by atoms with Gasteiger partial charge in [-0.05, 0) is 23.9 Å². The molecule has 1 saturated heterocycles. The first kappa shape index (κ1) is 17.1. The minimum atomic E-state index is 0.0773. The number of carbonyl (C=O) groups is 1. The molecule has 0 aliphatic carbocycles. The molecule has 2 aromatic heterocycles. The van der Waals surface area contributed by atoms with Gasteiger partial charge in [-0.25, -0.2) is 0 Å². The minimum Gasteiger partial charge on any atom is -0.374 e. The first-order chi connectivity index (χ1) is 11.6. The molecule has 0 aromatic carbocycles. The van der Waals surface area contributed by atoms with Crippen LogP contribution in [-0.4, -0.2) is 64.9 Å². The number of thiophene rings is 1. The smallest absolute Gasteiger partial charge is 0.236 e. The van der Waals surface area contributed by atoms with Gasteiger partial charge >= 0.3 is 0 Å². The van der Waals surface area contributed by atoms with Gasteiger partial charge in [-0.2, -0.15) is 5.10 Å². The number of ether oxygens (including phenoxy) is 1. The Hall–Kier alpha value is -1.70. The Kier molecular flexibility index (Phi) is 5.65. The Morgan fingerprint density at radius 3 is 3.12 bits per heavy atom. The largest absolute Gasteiger partial charge is 0.374 e. The molecule has 1 unspecified atom stereocenters. The third-order valence-corrected chi connectivity index (χ3v) is 4.99. The fourth-order valence-corrected chi connectivity index (χ4v) is 3.60. The molecule has 1 aliphatic heterocycles. The van der Waals surface area contributed by atoms with E-state index in [0.29, 0.717) is 19.7 Å². The summed E-state index contributed by atoms with van der Waals surface area (Å²) in [7, 11) is 1.87. The van der Waals surface area contributed by atoms with Crippen LogP contribution in [0.1, 0.15) is 10.4 Å². The van der Waals surface area contributed by atoms with Crippen molar-refractivity contribution in [2.24, 2.45) is 0 Å². The summed E-state index contributed by atoms with van der Waals surface area (Å²) in [5.74, 6) is 0.152. The summed E-state index contributed by atoms with van der Waals surface area (Å²) < 4.78 is 7.73. The monoisotopic (exact) mass is 348 g/mol. The molecule has 3 rings (SSSR count). The molecule has 1 fully saturated rings. The number of aryl methyl sites for hydroxylation is 1. The molecule has 1 amide bonds. The van der Waals surface area contributed by atoms with Gasteiger partial charge in [-0.1, -0.05) is 6.07 Å². The highest BCUT2D eigenvalue weighted by Crippen LogP contribution is 2.12. The molecule has 2 aromatic rings. The van der Waals surface area contributed by atoms with Crippen LogP contribution in [0.4, 0.5) is 0 Å². The summed E-state index contributed by atoms with van der Waals surface area (Å²) in [5, 5.41) is 6.35. The van der Waals surface area contributed by atoms with E-state index in [-0.39, 0.29) is 12.0 Å². The van der Waals surface area contributed by atoms with E-state index < -0.39 is 0 Å². The van der Waals surface area contributed by atoms with Crippen molar-refractivity contribution >= 4 is 17.2 Å². The average Bonchev–Trinajstić information content (AvgIpc) is 3.19. The zero-order valence-corrected chi connectivity index (χ0v) is 15.0. The van der Waals surface area contributed by atoms with E-state index in [4.69, 9.17) is 4.74 Å². The maximum absolute atomic E-state index is 12.4. The number of hydrogen-bond acceptors (Lipinski definition) is 5. The van der Waals surface area contributed by atoms with Crippen LogP contribution >= 0.6 is 11.3 Å². The molecule has 1 aliphatic rings. The first-order valence-electron chi connectivity index (χ1n) is 8.19. The molecule has 7 heteroatoms. The van der Waals surface area contributed by atoms with Crippen molar-refractivity contribution in [3.8, 4) is 0 Å². The molecule has 0 spiro atoms. The van der Waals surface area contributed by atoms with Gasteiger partial charge in [0.05, 0.1) is 38.5 Å². The number of amides is 1. The molecule has 24 heavy (non-hydrogen) atoms. The van der Waals surface area contributed by atoms with E-state index >= 15 is 0 Å². The van der Waals surface area contributed by atoms with Gasteiger partial charge in [0.25, 0.3) is 0 Å². The second-order valence-corrected chi connectivity index (χ2v) is 7.33. The number of carbonyl (C=O) groups excluding carboxylic acids is 1. The normalized spacial score (nSPS) is 18.7. The topological polar surface area (TPSA) is 50.6 Å². The van der Waals surface area contributed by atoms with Crippen molar-refractivity contribution < 1.29 is 9.53 Å². The number of likely N-dealkylation sites (N-methyl/N-ethyl adjacent to an activating group) is 1. The third-order valence-electron chi connectivity index (χ3n) is 4.13. The lowest BCUT2D eigenvalue weighted by atomic mass is 10.2. The Bertz CT molecular complexity index is 655. The van der Waals surface area contributed by atoms with Gasteiger partial charge in [0, 0.05) is 31.2 Å². The van der Waals surface area contributed by atoms with E-state index in [1.54, 1.807) is 16.2 Å². The van der Waals surface area contributed by atoms with Gasteiger partial charge in [0.1, 0.15) is 0 Å². The lowest BCUT2D eigenvalue weighted by Crippen LogP contribution is -2.48. The number of rotatable bonds is 6. The second kappa shape index (κ2) is 7.92. The Balaban J connectivity index is 1.48. The van der Waals surface area contributed by atoms with Gasteiger partial charge in [0.15, 0.2) is 0 Å². The highest BCUT2D eigenvalue weighted by molar-refractivity contribution is 7.09. The van der Waals surface area contributed by atoms with E-state index in [0.717, 1.165) is 25.2 Å². The molecule has 6 nitrogen and oxygen atoms in total. The Morgan fingerprint density at radius 2 is 2.42 bits per heavy atom. The fraction of sp³-hybridized carbons (Fsp3) is 0.529. The van der Waals surface area contributed by atoms with E-state index in [1.807, 2.05) is 42.5 Å². The van der Waals surface area contributed by atoms with Crippen LogP contribution in [-0.2, 0) is 22.6 Å². The van der Waals surface area contributed by atoms with E-state index in [2.05, 4.69) is 16.1 Å². The SMILES string of the molecule is Cc1cnn(CC2CN(CC(=O)N(C)Cc3cccs3)CCO2)c1. The highest BCUT2D eigenvalue weighted by atomic mass is 32.1. The van der Waals surface area contributed by atoms with Crippen molar-refractivity contribution in [3.63, 3.8) is 0 Å². The number of aromatic nitrogens is 2. The van der Waals surface area contributed by atoms with Crippen LogP contribution in [0.5, 0.6) is 0 Å². The summed E-state index contributed by atoms with van der Waals surface area (Å²) in [4.78, 5) is 17.6. The van der Waals surface area contributed by atoms with Gasteiger partial charge in [-0.15, -0.1) is 11.3 Å². The predicted molar refractivity (Wildman–Crippen MR) is 93.9 cm³/mol. The van der Waals surface area contributed by atoms with E-state index in [1.165, 1.54) is 4.88 Å². The summed E-state index contributed by atoms with van der Waals surface area (Å²) in [6.45, 7) is 6.09.